The summed E-state index contributed by atoms with van der Waals surface area (Å²) < 4.78 is 0. The fourth-order valence-electron chi connectivity index (χ4n) is 3.55. The molecule has 1 aliphatic carbocycles. The van der Waals surface area contributed by atoms with Gasteiger partial charge in [0.25, 0.3) is 0 Å². The van der Waals surface area contributed by atoms with Gasteiger partial charge in [-0.15, -0.1) is 0 Å². The van der Waals surface area contributed by atoms with E-state index < -0.39 is 0 Å². The van der Waals surface area contributed by atoms with Gasteiger partial charge >= 0.3 is 0 Å². The maximum absolute atomic E-state index is 2.49. The van der Waals surface area contributed by atoms with Crippen molar-refractivity contribution in [3.63, 3.8) is 0 Å². The van der Waals surface area contributed by atoms with Crippen LogP contribution in [0, 0.1) is 23.7 Å². The van der Waals surface area contributed by atoms with E-state index >= 15 is 0 Å². The molecule has 1 aliphatic rings. The summed E-state index contributed by atoms with van der Waals surface area (Å²) in [6.07, 6.45) is 9.27. The molecule has 1 fully saturated rings. The first kappa shape index (κ1) is 13.8. The third-order valence-electron chi connectivity index (χ3n) is 4.05. The van der Waals surface area contributed by atoms with Crippen LogP contribution in [0.25, 0.3) is 0 Å². The summed E-state index contributed by atoms with van der Waals surface area (Å²) in [6.45, 7) is 12.0. The highest BCUT2D eigenvalue weighted by atomic mass is 14.3. The molecular weight excluding hydrogens is 192 g/mol. The van der Waals surface area contributed by atoms with Gasteiger partial charge in [-0.25, -0.2) is 0 Å². The van der Waals surface area contributed by atoms with Crippen molar-refractivity contribution in [2.75, 3.05) is 0 Å². The van der Waals surface area contributed by atoms with E-state index in [0.29, 0.717) is 0 Å². The van der Waals surface area contributed by atoms with Crippen LogP contribution in [-0.4, -0.2) is 0 Å². The van der Waals surface area contributed by atoms with E-state index in [-0.39, 0.29) is 0 Å². The molecular formula is C16H30. The monoisotopic (exact) mass is 222 g/mol. The number of hydrogen-bond donors (Lipinski definition) is 0. The van der Waals surface area contributed by atoms with Crippen molar-refractivity contribution in [3.8, 4) is 0 Å². The molecule has 0 heterocycles. The van der Waals surface area contributed by atoms with E-state index in [1.165, 1.54) is 32.1 Å². The standard InChI is InChI=1S/C16H30/c1-6-7-16-11-14(4)9-12(2)8-13(3)10-15(16)5/h7,12-15H,6,8-11H2,1-5H3. The second kappa shape index (κ2) is 6.47. The Bertz CT molecular complexity index is 226. The van der Waals surface area contributed by atoms with Crippen molar-refractivity contribution in [1.82, 2.24) is 0 Å². The third-order valence-corrected chi connectivity index (χ3v) is 4.05. The van der Waals surface area contributed by atoms with Gasteiger partial charge in [-0.1, -0.05) is 46.3 Å². The smallest absolute Gasteiger partial charge is 0.0229 e. The first-order valence-electron chi connectivity index (χ1n) is 7.21. The quantitative estimate of drug-likeness (QED) is 0.518. The minimum absolute atomic E-state index is 0.808. The number of rotatable bonds is 1. The summed E-state index contributed by atoms with van der Waals surface area (Å²) in [4.78, 5) is 0. The maximum atomic E-state index is 2.49. The van der Waals surface area contributed by atoms with Gasteiger partial charge < -0.3 is 0 Å². The zero-order valence-corrected chi connectivity index (χ0v) is 11.9. The molecule has 1 saturated carbocycles. The Labute approximate surface area is 103 Å². The average molecular weight is 222 g/mol. The van der Waals surface area contributed by atoms with Gasteiger partial charge in [-0.2, -0.15) is 0 Å². The Morgan fingerprint density at radius 3 is 2.12 bits per heavy atom. The Morgan fingerprint density at radius 1 is 0.938 bits per heavy atom. The molecule has 0 aromatic carbocycles. The molecule has 0 heteroatoms. The number of allylic oxidation sites excluding steroid dienone is 2. The molecule has 4 unspecified atom stereocenters. The molecule has 1 rings (SSSR count). The second-order valence-electron chi connectivity index (χ2n) is 6.32. The van der Waals surface area contributed by atoms with Crippen molar-refractivity contribution in [2.45, 2.75) is 66.7 Å². The molecule has 0 nitrogen and oxygen atoms in total. The molecule has 16 heavy (non-hydrogen) atoms. The van der Waals surface area contributed by atoms with Crippen LogP contribution < -0.4 is 0 Å². The molecule has 0 aromatic rings. The molecule has 4 atom stereocenters. The molecule has 0 amide bonds. The van der Waals surface area contributed by atoms with Crippen LogP contribution in [0.2, 0.25) is 0 Å². The summed E-state index contributed by atoms with van der Waals surface area (Å²) >= 11 is 0. The predicted molar refractivity (Wildman–Crippen MR) is 73.5 cm³/mol. The first-order chi connectivity index (χ1) is 7.52. The molecule has 94 valence electrons. The Morgan fingerprint density at radius 2 is 1.50 bits per heavy atom. The van der Waals surface area contributed by atoms with Crippen LogP contribution in [0.5, 0.6) is 0 Å². The van der Waals surface area contributed by atoms with Gasteiger partial charge in [-0.05, 0) is 55.8 Å². The van der Waals surface area contributed by atoms with Crippen LogP contribution in [-0.2, 0) is 0 Å². The Balaban J connectivity index is 2.76. The fourth-order valence-corrected chi connectivity index (χ4v) is 3.55. The van der Waals surface area contributed by atoms with Gasteiger partial charge in [0.1, 0.15) is 0 Å². The van der Waals surface area contributed by atoms with Gasteiger partial charge in [-0.3, -0.25) is 0 Å². The lowest BCUT2D eigenvalue weighted by Crippen LogP contribution is -2.07. The molecule has 0 saturated heterocycles. The van der Waals surface area contributed by atoms with E-state index in [2.05, 4.69) is 40.7 Å². The molecule has 0 spiro atoms. The molecule has 0 N–H and O–H groups in total. The van der Waals surface area contributed by atoms with Crippen LogP contribution in [0.15, 0.2) is 11.6 Å². The summed E-state index contributed by atoms with van der Waals surface area (Å²) in [5.41, 5.74) is 1.73. The number of hydrogen-bond acceptors (Lipinski definition) is 0. The van der Waals surface area contributed by atoms with Gasteiger partial charge in [0.05, 0.1) is 0 Å². The summed E-state index contributed by atoms with van der Waals surface area (Å²) in [6, 6.07) is 0. The predicted octanol–water partition coefficient (Wildman–Crippen LogP) is 5.44. The summed E-state index contributed by atoms with van der Waals surface area (Å²) in [5, 5.41) is 0. The van der Waals surface area contributed by atoms with Crippen LogP contribution in [0.1, 0.15) is 66.7 Å². The maximum Gasteiger partial charge on any atom is -0.0229 e. The average Bonchev–Trinajstić information content (AvgIpc) is 2.18. The first-order valence-corrected chi connectivity index (χ1v) is 7.21. The zero-order valence-electron chi connectivity index (χ0n) is 11.9. The highest BCUT2D eigenvalue weighted by Gasteiger charge is 2.21. The van der Waals surface area contributed by atoms with E-state index in [4.69, 9.17) is 0 Å². The molecule has 0 radical (unpaired) electrons. The Kier molecular flexibility index (Phi) is 5.58. The molecule has 0 aliphatic heterocycles. The lowest BCUT2D eigenvalue weighted by Gasteiger charge is -2.19. The van der Waals surface area contributed by atoms with Gasteiger partial charge in [0.2, 0.25) is 0 Å². The topological polar surface area (TPSA) is 0 Å². The lowest BCUT2D eigenvalue weighted by molar-refractivity contribution is 0.340. The summed E-state index contributed by atoms with van der Waals surface area (Å²) in [7, 11) is 0. The van der Waals surface area contributed by atoms with E-state index in [9.17, 15) is 0 Å². The van der Waals surface area contributed by atoms with E-state index in [1.807, 2.05) is 0 Å². The van der Waals surface area contributed by atoms with E-state index in [1.54, 1.807) is 5.57 Å². The van der Waals surface area contributed by atoms with Crippen LogP contribution in [0.4, 0.5) is 0 Å². The van der Waals surface area contributed by atoms with Crippen molar-refractivity contribution in [2.24, 2.45) is 23.7 Å². The highest BCUT2D eigenvalue weighted by Crippen LogP contribution is 2.34. The minimum Gasteiger partial charge on any atom is -0.0853 e. The zero-order chi connectivity index (χ0) is 12.1. The normalized spacial score (nSPS) is 40.2. The van der Waals surface area contributed by atoms with Crippen molar-refractivity contribution < 1.29 is 0 Å². The molecule has 0 aromatic heterocycles. The SMILES string of the molecule is CCC=C1CC(C)CC(C)CC(C)CC1C. The Hall–Kier alpha value is -0.260. The second-order valence-corrected chi connectivity index (χ2v) is 6.32. The van der Waals surface area contributed by atoms with E-state index in [0.717, 1.165) is 23.7 Å². The third kappa shape index (κ3) is 4.31. The van der Waals surface area contributed by atoms with Crippen molar-refractivity contribution in [1.29, 1.82) is 0 Å². The fraction of sp³-hybridized carbons (Fsp3) is 0.875. The highest BCUT2D eigenvalue weighted by molar-refractivity contribution is 5.07. The van der Waals surface area contributed by atoms with Crippen LogP contribution >= 0.6 is 0 Å². The summed E-state index contributed by atoms with van der Waals surface area (Å²) in [5.74, 6) is 3.50. The van der Waals surface area contributed by atoms with Crippen LogP contribution in [0.3, 0.4) is 0 Å². The minimum atomic E-state index is 0.808. The van der Waals surface area contributed by atoms with Crippen molar-refractivity contribution in [3.05, 3.63) is 11.6 Å². The lowest BCUT2D eigenvalue weighted by atomic mass is 9.86. The van der Waals surface area contributed by atoms with Crippen molar-refractivity contribution >= 4 is 0 Å². The molecule has 0 bridgehead atoms. The van der Waals surface area contributed by atoms with Gasteiger partial charge in [0, 0.05) is 0 Å². The van der Waals surface area contributed by atoms with Gasteiger partial charge in [0.15, 0.2) is 0 Å². The largest absolute Gasteiger partial charge is 0.0853 e.